The second-order valence-electron chi connectivity index (χ2n) is 8.18. The summed E-state index contributed by atoms with van der Waals surface area (Å²) in [6.07, 6.45) is 5.17. The lowest BCUT2D eigenvalue weighted by Crippen LogP contribution is -2.13. The molecule has 3 aromatic carbocycles. The third-order valence-corrected chi connectivity index (χ3v) is 5.82. The van der Waals surface area contributed by atoms with Crippen LogP contribution in [0.2, 0.25) is 0 Å². The van der Waals surface area contributed by atoms with Crippen LogP contribution in [0.5, 0.6) is 0 Å². The predicted octanol–water partition coefficient (Wildman–Crippen LogP) is 6.27. The second kappa shape index (κ2) is 9.95. The van der Waals surface area contributed by atoms with Gasteiger partial charge in [-0.25, -0.2) is 0 Å². The van der Waals surface area contributed by atoms with Gasteiger partial charge in [0, 0.05) is 59.3 Å². The van der Waals surface area contributed by atoms with Crippen LogP contribution in [0.25, 0.3) is 10.9 Å². The lowest BCUT2D eigenvalue weighted by Gasteiger charge is -2.21. The zero-order valence-corrected chi connectivity index (χ0v) is 19.5. The minimum atomic E-state index is -0.191. The zero-order chi connectivity index (χ0) is 24.9. The Morgan fingerprint density at radius 1 is 0.861 bits per heavy atom. The van der Waals surface area contributed by atoms with E-state index in [1.807, 2.05) is 72.6 Å². The van der Waals surface area contributed by atoms with E-state index in [1.165, 1.54) is 0 Å². The van der Waals surface area contributed by atoms with Gasteiger partial charge in [-0.1, -0.05) is 6.07 Å². The lowest BCUT2D eigenvalue weighted by atomic mass is 10.1. The van der Waals surface area contributed by atoms with Crippen LogP contribution >= 0.6 is 0 Å². The number of pyridine rings is 2. The highest BCUT2D eigenvalue weighted by Crippen LogP contribution is 2.31. The normalized spacial score (nSPS) is 10.4. The average molecular weight is 471 g/mol. The summed E-state index contributed by atoms with van der Waals surface area (Å²) in [4.78, 5) is 23.3. The number of hydrogen-bond acceptors (Lipinski definition) is 6. The molecule has 2 aromatic heterocycles. The van der Waals surface area contributed by atoms with E-state index in [0.717, 1.165) is 33.7 Å². The number of rotatable bonds is 6. The Kier molecular flexibility index (Phi) is 6.24. The Morgan fingerprint density at radius 2 is 1.64 bits per heavy atom. The Hall–Kier alpha value is -5.22. The molecule has 5 rings (SSSR count). The molecule has 5 aromatic rings. The Labute approximate surface area is 208 Å². The van der Waals surface area contributed by atoms with Gasteiger partial charge in [0.2, 0.25) is 0 Å². The quantitative estimate of drug-likeness (QED) is 0.304. The van der Waals surface area contributed by atoms with E-state index in [9.17, 15) is 4.79 Å². The lowest BCUT2D eigenvalue weighted by molar-refractivity contribution is 0.102. The zero-order valence-electron chi connectivity index (χ0n) is 19.5. The van der Waals surface area contributed by atoms with Crippen molar-refractivity contribution in [2.75, 3.05) is 22.6 Å². The van der Waals surface area contributed by atoms with Gasteiger partial charge in [0.1, 0.15) is 0 Å². The first-order valence-electron chi connectivity index (χ1n) is 11.3. The van der Waals surface area contributed by atoms with Gasteiger partial charge in [0.05, 0.1) is 22.8 Å². The molecule has 0 saturated carbocycles. The summed E-state index contributed by atoms with van der Waals surface area (Å²) in [6.45, 7) is 0. The molecule has 2 heterocycles. The Bertz CT molecular complexity index is 1580. The van der Waals surface area contributed by atoms with Crippen molar-refractivity contribution in [3.63, 3.8) is 0 Å². The Morgan fingerprint density at radius 3 is 2.42 bits per heavy atom. The maximum absolute atomic E-state index is 12.9. The maximum atomic E-state index is 12.9. The van der Waals surface area contributed by atoms with Crippen molar-refractivity contribution < 1.29 is 4.79 Å². The molecule has 36 heavy (non-hydrogen) atoms. The van der Waals surface area contributed by atoms with Crippen LogP contribution in [-0.4, -0.2) is 22.9 Å². The first-order chi connectivity index (χ1) is 17.6. The summed E-state index contributed by atoms with van der Waals surface area (Å²) in [5.74, 6) is -0.191. The molecule has 0 aliphatic carbocycles. The molecule has 0 aliphatic heterocycles. The molecule has 0 spiro atoms. The van der Waals surface area contributed by atoms with Crippen molar-refractivity contribution in [1.29, 1.82) is 5.26 Å². The number of fused-ring (bicyclic) bond motifs is 1. The van der Waals surface area contributed by atoms with Crippen molar-refractivity contribution in [1.82, 2.24) is 9.97 Å². The monoisotopic (exact) mass is 470 g/mol. The summed E-state index contributed by atoms with van der Waals surface area (Å²) in [7, 11) is 1.96. The van der Waals surface area contributed by atoms with Crippen LogP contribution < -0.4 is 15.5 Å². The molecule has 0 atom stereocenters. The summed E-state index contributed by atoms with van der Waals surface area (Å²) in [5.41, 5.74) is 6.24. The number of aromatic nitrogens is 2. The number of carbonyl (C=O) groups is 1. The first-order valence-corrected chi connectivity index (χ1v) is 11.3. The van der Waals surface area contributed by atoms with Crippen molar-refractivity contribution in [3.05, 3.63) is 115 Å². The number of nitrogens with one attached hydrogen (secondary N) is 2. The van der Waals surface area contributed by atoms with Crippen LogP contribution in [0.15, 0.2) is 104 Å². The van der Waals surface area contributed by atoms with E-state index in [0.29, 0.717) is 16.8 Å². The van der Waals surface area contributed by atoms with Crippen LogP contribution in [-0.2, 0) is 0 Å². The maximum Gasteiger partial charge on any atom is 0.255 e. The van der Waals surface area contributed by atoms with Crippen LogP contribution in [0, 0.1) is 11.3 Å². The van der Waals surface area contributed by atoms with Gasteiger partial charge in [0.25, 0.3) is 5.91 Å². The van der Waals surface area contributed by atoms with Crippen LogP contribution in [0.4, 0.5) is 28.4 Å². The van der Waals surface area contributed by atoms with E-state index >= 15 is 0 Å². The van der Waals surface area contributed by atoms with Gasteiger partial charge >= 0.3 is 0 Å². The van der Waals surface area contributed by atoms with Crippen LogP contribution in [0.3, 0.4) is 0 Å². The molecular weight excluding hydrogens is 448 g/mol. The minimum Gasteiger partial charge on any atom is -0.355 e. The smallest absolute Gasteiger partial charge is 0.255 e. The van der Waals surface area contributed by atoms with Crippen molar-refractivity contribution in [2.24, 2.45) is 0 Å². The van der Waals surface area contributed by atoms with Gasteiger partial charge in [-0.05, 0) is 78.9 Å². The second-order valence-corrected chi connectivity index (χ2v) is 8.18. The molecule has 7 nitrogen and oxygen atoms in total. The van der Waals surface area contributed by atoms with Gasteiger partial charge in [0.15, 0.2) is 0 Å². The van der Waals surface area contributed by atoms with E-state index < -0.39 is 0 Å². The fourth-order valence-electron chi connectivity index (χ4n) is 3.95. The highest BCUT2D eigenvalue weighted by molar-refractivity contribution is 6.05. The van der Waals surface area contributed by atoms with E-state index in [4.69, 9.17) is 5.26 Å². The predicted molar refractivity (Wildman–Crippen MR) is 143 cm³/mol. The van der Waals surface area contributed by atoms with E-state index in [1.54, 1.807) is 42.9 Å². The topological polar surface area (TPSA) is 93.9 Å². The van der Waals surface area contributed by atoms with Gasteiger partial charge < -0.3 is 15.5 Å². The first kappa shape index (κ1) is 22.6. The number of amides is 1. The molecule has 0 bridgehead atoms. The van der Waals surface area contributed by atoms with E-state index in [2.05, 4.69) is 26.7 Å². The summed E-state index contributed by atoms with van der Waals surface area (Å²) < 4.78 is 0. The average Bonchev–Trinajstić information content (AvgIpc) is 2.93. The summed E-state index contributed by atoms with van der Waals surface area (Å²) >= 11 is 0. The molecule has 1 amide bonds. The molecule has 0 aliphatic rings. The molecule has 7 heteroatoms. The molecule has 0 unspecified atom stereocenters. The molecule has 0 saturated heterocycles. The van der Waals surface area contributed by atoms with Crippen molar-refractivity contribution >= 4 is 45.2 Å². The summed E-state index contributed by atoms with van der Waals surface area (Å²) in [6, 6.07) is 28.3. The molecule has 0 radical (unpaired) electrons. The number of hydrogen-bond donors (Lipinski definition) is 2. The van der Waals surface area contributed by atoms with Crippen molar-refractivity contribution in [3.8, 4) is 6.07 Å². The van der Waals surface area contributed by atoms with Gasteiger partial charge in [-0.2, -0.15) is 5.26 Å². The van der Waals surface area contributed by atoms with E-state index in [-0.39, 0.29) is 5.91 Å². The largest absolute Gasteiger partial charge is 0.355 e. The minimum absolute atomic E-state index is 0.191. The fraction of sp³-hybridized carbons (Fsp3) is 0.0345. The third-order valence-electron chi connectivity index (χ3n) is 5.82. The number of nitrogens with zero attached hydrogens (tertiary/aromatic N) is 4. The SMILES string of the molecule is CN(c1ccc(C(=O)Nc2cccc(Nc3ccncc3)c2)cc1)c1ccnc2cc(C#N)ccc12. The summed E-state index contributed by atoms with van der Waals surface area (Å²) in [5, 5.41) is 16.4. The van der Waals surface area contributed by atoms with Gasteiger partial charge in [-0.3, -0.25) is 14.8 Å². The standard InChI is InChI=1S/C29H22N6O/c1-35(28-13-16-32-27-17-20(19-30)5-10-26(27)28)25-8-6-21(7-9-25)29(36)34-24-4-2-3-23(18-24)33-22-11-14-31-15-12-22/h2-18H,1H3,(H,31,33)(H,34,36). The fourth-order valence-corrected chi connectivity index (χ4v) is 3.95. The van der Waals surface area contributed by atoms with Gasteiger partial charge in [-0.15, -0.1) is 0 Å². The highest BCUT2D eigenvalue weighted by atomic mass is 16.1. The number of benzene rings is 3. The molecular formula is C29H22N6O. The van der Waals surface area contributed by atoms with Crippen molar-refractivity contribution in [2.45, 2.75) is 0 Å². The Balaban J connectivity index is 1.31. The molecule has 174 valence electrons. The number of nitriles is 1. The molecule has 0 fully saturated rings. The number of carbonyl (C=O) groups excluding carboxylic acids is 1. The molecule has 2 N–H and O–H groups in total. The number of anilines is 5. The van der Waals surface area contributed by atoms with Crippen LogP contribution in [0.1, 0.15) is 15.9 Å². The highest BCUT2D eigenvalue weighted by Gasteiger charge is 2.12. The third kappa shape index (κ3) is 4.83.